The van der Waals surface area contributed by atoms with Gasteiger partial charge in [0.25, 0.3) is 5.91 Å². The first-order valence-electron chi connectivity index (χ1n) is 10.3. The molecule has 1 aromatic carbocycles. The molecular weight excluding hydrogens is 473 g/mol. The third-order valence-electron chi connectivity index (χ3n) is 5.05. The number of hydrogen-bond acceptors (Lipinski definition) is 6. The van der Waals surface area contributed by atoms with Crippen molar-refractivity contribution < 1.29 is 4.79 Å². The van der Waals surface area contributed by atoms with Gasteiger partial charge in [-0.15, -0.1) is 5.10 Å². The molecule has 0 unspecified atom stereocenters. The highest BCUT2D eigenvalue weighted by Gasteiger charge is 2.18. The summed E-state index contributed by atoms with van der Waals surface area (Å²) in [5, 5.41) is 19.5. The number of aryl methyl sites for hydroxylation is 1. The molecule has 2 aromatic heterocycles. The van der Waals surface area contributed by atoms with Crippen molar-refractivity contribution in [2.45, 2.75) is 13.5 Å². The summed E-state index contributed by atoms with van der Waals surface area (Å²) in [5.74, 6) is 0.560. The van der Waals surface area contributed by atoms with Gasteiger partial charge in [0.05, 0.1) is 27.0 Å². The summed E-state index contributed by atoms with van der Waals surface area (Å²) in [7, 11) is 0. The van der Waals surface area contributed by atoms with Gasteiger partial charge >= 0.3 is 0 Å². The number of dihydropyridines is 1. The predicted molar refractivity (Wildman–Crippen MR) is 135 cm³/mol. The molecule has 0 radical (unpaired) electrons. The van der Waals surface area contributed by atoms with E-state index >= 15 is 0 Å². The SMILES string of the molecule is Cc1cccc(-n2nc(NCc3ccc(Cl)c(Cl)c3)cc2C2=C/C(=C(/C=N)C(N)=O)NC=C2)n1. The van der Waals surface area contributed by atoms with Gasteiger partial charge in [0, 0.05) is 36.3 Å². The normalized spacial score (nSPS) is 14.3. The van der Waals surface area contributed by atoms with Crippen molar-refractivity contribution in [1.29, 1.82) is 5.41 Å². The molecule has 172 valence electrons. The van der Waals surface area contributed by atoms with Gasteiger partial charge in [-0.1, -0.05) is 35.3 Å². The van der Waals surface area contributed by atoms with E-state index < -0.39 is 5.91 Å². The highest BCUT2D eigenvalue weighted by molar-refractivity contribution is 6.42. The van der Waals surface area contributed by atoms with Gasteiger partial charge in [0.15, 0.2) is 5.82 Å². The van der Waals surface area contributed by atoms with Crippen LogP contribution in [0.4, 0.5) is 5.82 Å². The maximum absolute atomic E-state index is 11.7. The van der Waals surface area contributed by atoms with E-state index in [1.165, 1.54) is 0 Å². The number of benzene rings is 1. The Morgan fingerprint density at radius 3 is 2.76 bits per heavy atom. The predicted octanol–water partition coefficient (Wildman–Crippen LogP) is 4.38. The smallest absolute Gasteiger partial charge is 0.252 e. The molecule has 0 spiro atoms. The fourth-order valence-corrected chi connectivity index (χ4v) is 3.72. The summed E-state index contributed by atoms with van der Waals surface area (Å²) in [6.45, 7) is 2.39. The van der Waals surface area contributed by atoms with Crippen molar-refractivity contribution in [3.05, 3.63) is 99.1 Å². The van der Waals surface area contributed by atoms with Gasteiger partial charge in [0.2, 0.25) is 0 Å². The molecule has 8 nitrogen and oxygen atoms in total. The topological polar surface area (TPSA) is 122 Å². The summed E-state index contributed by atoms with van der Waals surface area (Å²) in [6, 6.07) is 13.0. The maximum Gasteiger partial charge on any atom is 0.252 e. The Hall–Kier alpha value is -3.88. The highest BCUT2D eigenvalue weighted by atomic mass is 35.5. The molecule has 3 heterocycles. The number of amides is 1. The first kappa shape index (κ1) is 23.3. The largest absolute Gasteiger partial charge is 0.365 e. The quantitative estimate of drug-likeness (QED) is 0.287. The minimum absolute atomic E-state index is 0.0690. The minimum Gasteiger partial charge on any atom is -0.365 e. The fraction of sp³-hybridized carbons (Fsp3) is 0.0833. The third-order valence-corrected chi connectivity index (χ3v) is 5.79. The highest BCUT2D eigenvalue weighted by Crippen LogP contribution is 2.27. The number of hydrogen-bond donors (Lipinski definition) is 4. The summed E-state index contributed by atoms with van der Waals surface area (Å²) in [6.07, 6.45) is 6.21. The summed E-state index contributed by atoms with van der Waals surface area (Å²) < 4.78 is 1.72. The Kier molecular flexibility index (Phi) is 6.81. The molecule has 0 aliphatic carbocycles. The number of carbonyl (C=O) groups excluding carboxylic acids is 1. The first-order valence-corrected chi connectivity index (χ1v) is 11.0. The number of rotatable bonds is 7. The Morgan fingerprint density at radius 1 is 1.24 bits per heavy atom. The number of nitrogens with one attached hydrogen (secondary N) is 3. The Bertz CT molecular complexity index is 1370. The van der Waals surface area contributed by atoms with Crippen LogP contribution in [0.2, 0.25) is 10.0 Å². The van der Waals surface area contributed by atoms with E-state index in [2.05, 4.69) is 15.6 Å². The van der Waals surface area contributed by atoms with E-state index in [1.807, 2.05) is 43.3 Å². The monoisotopic (exact) mass is 493 g/mol. The molecule has 0 saturated carbocycles. The Labute approximate surface area is 206 Å². The third kappa shape index (κ3) is 5.03. The lowest BCUT2D eigenvalue weighted by atomic mass is 10.1. The average molecular weight is 494 g/mol. The van der Waals surface area contributed by atoms with Crippen LogP contribution >= 0.6 is 23.2 Å². The van der Waals surface area contributed by atoms with Crippen LogP contribution in [0.1, 0.15) is 17.0 Å². The molecule has 1 aliphatic rings. The summed E-state index contributed by atoms with van der Waals surface area (Å²) >= 11 is 12.1. The number of aromatic nitrogens is 3. The van der Waals surface area contributed by atoms with Gasteiger partial charge in [-0.05, 0) is 48.9 Å². The number of nitrogens with two attached hydrogens (primary N) is 1. The number of pyridine rings is 1. The van der Waals surface area contributed by atoms with Crippen molar-refractivity contribution in [1.82, 2.24) is 20.1 Å². The standard InChI is InChI=1S/C24H21Cl2N7O/c1-14-3-2-4-23(31-14)33-21(16-7-8-29-20(10-16)17(12-27)24(28)34)11-22(32-33)30-13-15-5-6-18(25)19(26)9-15/h2-12,27,29H,13H2,1H3,(H2,28,34)(H,30,32)/b20-17+,27-12?. The van der Waals surface area contributed by atoms with Gasteiger partial charge < -0.3 is 21.8 Å². The van der Waals surface area contributed by atoms with Crippen LogP contribution in [0, 0.1) is 12.3 Å². The number of halogens is 2. The van der Waals surface area contributed by atoms with E-state index in [0.717, 1.165) is 28.7 Å². The van der Waals surface area contributed by atoms with Crippen molar-refractivity contribution in [3.8, 4) is 5.82 Å². The zero-order valence-electron chi connectivity index (χ0n) is 18.1. The number of allylic oxidation sites excluding steroid dienone is 3. The van der Waals surface area contributed by atoms with E-state index in [4.69, 9.17) is 39.4 Å². The molecule has 34 heavy (non-hydrogen) atoms. The average Bonchev–Trinajstić information content (AvgIpc) is 3.25. The van der Waals surface area contributed by atoms with Gasteiger partial charge in [-0.3, -0.25) is 4.79 Å². The van der Waals surface area contributed by atoms with Gasteiger partial charge in [-0.2, -0.15) is 0 Å². The molecule has 0 saturated heterocycles. The number of nitrogens with zero attached hydrogens (tertiary/aromatic N) is 3. The summed E-state index contributed by atoms with van der Waals surface area (Å²) in [4.78, 5) is 16.3. The molecule has 3 aromatic rings. The second kappa shape index (κ2) is 9.94. The Balaban J connectivity index is 1.75. The zero-order valence-corrected chi connectivity index (χ0v) is 19.7. The van der Waals surface area contributed by atoms with E-state index in [-0.39, 0.29) is 5.57 Å². The summed E-state index contributed by atoms with van der Waals surface area (Å²) in [5.41, 5.74) is 9.20. The lowest BCUT2D eigenvalue weighted by Gasteiger charge is -2.14. The number of carbonyl (C=O) groups is 1. The molecule has 5 N–H and O–H groups in total. The second-order valence-corrected chi connectivity index (χ2v) is 8.29. The minimum atomic E-state index is -0.693. The molecule has 0 atom stereocenters. The van der Waals surface area contributed by atoms with Crippen LogP contribution in [0.25, 0.3) is 11.4 Å². The van der Waals surface area contributed by atoms with Crippen molar-refractivity contribution in [3.63, 3.8) is 0 Å². The van der Waals surface area contributed by atoms with Crippen LogP contribution in [0.15, 0.2) is 72.1 Å². The lowest BCUT2D eigenvalue weighted by Crippen LogP contribution is -2.21. The van der Waals surface area contributed by atoms with Crippen molar-refractivity contribution in [2.24, 2.45) is 5.73 Å². The zero-order chi connectivity index (χ0) is 24.2. The molecule has 1 amide bonds. The molecule has 1 aliphatic heterocycles. The van der Waals surface area contributed by atoms with Crippen molar-refractivity contribution in [2.75, 3.05) is 5.32 Å². The molecule has 0 fully saturated rings. The van der Waals surface area contributed by atoms with Crippen LogP contribution in [-0.2, 0) is 11.3 Å². The van der Waals surface area contributed by atoms with E-state index in [1.54, 1.807) is 29.1 Å². The van der Waals surface area contributed by atoms with Gasteiger partial charge in [-0.25, -0.2) is 9.67 Å². The van der Waals surface area contributed by atoms with Crippen LogP contribution in [-0.4, -0.2) is 26.9 Å². The maximum atomic E-state index is 11.7. The molecular formula is C24H21Cl2N7O. The molecule has 10 heteroatoms. The first-order chi connectivity index (χ1) is 16.4. The molecule has 4 rings (SSSR count). The van der Waals surface area contributed by atoms with Crippen LogP contribution in [0.3, 0.4) is 0 Å². The molecule has 0 bridgehead atoms. The Morgan fingerprint density at radius 2 is 2.06 bits per heavy atom. The second-order valence-electron chi connectivity index (χ2n) is 7.48. The fourth-order valence-electron chi connectivity index (χ4n) is 3.40. The lowest BCUT2D eigenvalue weighted by molar-refractivity contribution is -0.114. The van der Waals surface area contributed by atoms with Crippen molar-refractivity contribution >= 4 is 46.7 Å². The van der Waals surface area contributed by atoms with Crippen LogP contribution in [0.5, 0.6) is 0 Å². The number of primary amides is 1. The van der Waals surface area contributed by atoms with E-state index in [0.29, 0.717) is 33.9 Å². The number of anilines is 1. The van der Waals surface area contributed by atoms with E-state index in [9.17, 15) is 4.79 Å². The van der Waals surface area contributed by atoms with Crippen LogP contribution < -0.4 is 16.4 Å². The van der Waals surface area contributed by atoms with Gasteiger partial charge in [0.1, 0.15) is 5.82 Å².